The van der Waals surface area contributed by atoms with E-state index in [9.17, 15) is 15.2 Å². The van der Waals surface area contributed by atoms with Crippen molar-refractivity contribution in [2.24, 2.45) is 5.92 Å². The van der Waals surface area contributed by atoms with Gasteiger partial charge in [-0.3, -0.25) is 10.1 Å². The molecular weight excluding hydrogens is 328 g/mol. The third-order valence-electron chi connectivity index (χ3n) is 4.61. The number of rotatable bonds is 4. The summed E-state index contributed by atoms with van der Waals surface area (Å²) in [4.78, 5) is 12.5. The van der Waals surface area contributed by atoms with Gasteiger partial charge in [0.1, 0.15) is 0 Å². The van der Waals surface area contributed by atoms with Crippen molar-refractivity contribution in [1.29, 1.82) is 0 Å². The Morgan fingerprint density at radius 3 is 2.42 bits per heavy atom. The van der Waals surface area contributed by atoms with Crippen LogP contribution in [0.2, 0.25) is 5.02 Å². The van der Waals surface area contributed by atoms with Gasteiger partial charge in [0.25, 0.3) is 5.69 Å². The molecule has 0 spiro atoms. The van der Waals surface area contributed by atoms with E-state index in [1.165, 1.54) is 12.1 Å². The van der Waals surface area contributed by atoms with Crippen molar-refractivity contribution in [2.45, 2.75) is 18.9 Å². The Bertz CT molecular complexity index is 715. The molecular formula is C18H19ClN2O3. The zero-order chi connectivity index (χ0) is 17.1. The Morgan fingerprint density at radius 1 is 1.17 bits per heavy atom. The van der Waals surface area contributed by atoms with Gasteiger partial charge in [0, 0.05) is 25.2 Å². The lowest BCUT2D eigenvalue weighted by Crippen LogP contribution is -2.35. The molecule has 5 nitrogen and oxygen atoms in total. The van der Waals surface area contributed by atoms with Gasteiger partial charge in [-0.2, -0.15) is 0 Å². The summed E-state index contributed by atoms with van der Waals surface area (Å²) < 4.78 is 0. The first-order chi connectivity index (χ1) is 11.6. The number of hydrogen-bond acceptors (Lipinski definition) is 4. The van der Waals surface area contributed by atoms with Crippen LogP contribution < -0.4 is 4.90 Å². The average Bonchev–Trinajstić information content (AvgIpc) is 2.62. The van der Waals surface area contributed by atoms with E-state index in [1.807, 2.05) is 30.3 Å². The molecule has 1 aliphatic rings. The molecule has 0 radical (unpaired) electrons. The van der Waals surface area contributed by atoms with E-state index in [0.717, 1.165) is 37.2 Å². The maximum absolute atomic E-state index is 10.8. The molecule has 24 heavy (non-hydrogen) atoms. The summed E-state index contributed by atoms with van der Waals surface area (Å²) >= 11 is 6.21. The minimum absolute atomic E-state index is 0.00173. The van der Waals surface area contributed by atoms with E-state index in [4.69, 9.17) is 11.6 Å². The van der Waals surface area contributed by atoms with Gasteiger partial charge >= 0.3 is 0 Å². The van der Waals surface area contributed by atoms with Crippen molar-refractivity contribution in [3.8, 4) is 0 Å². The molecule has 2 aromatic carbocycles. The molecule has 1 aliphatic heterocycles. The third-order valence-corrected chi connectivity index (χ3v) is 4.91. The van der Waals surface area contributed by atoms with Gasteiger partial charge in [0.2, 0.25) is 0 Å². The SMILES string of the molecule is O=[N+]([O-])c1ccc(N2CCC([C@H](O)c3ccccc3)CC2)c(Cl)c1. The highest BCUT2D eigenvalue weighted by atomic mass is 35.5. The lowest BCUT2D eigenvalue weighted by molar-refractivity contribution is -0.384. The standard InChI is InChI=1S/C18H19ClN2O3/c19-16-12-15(21(23)24)6-7-17(16)20-10-8-14(9-11-20)18(22)13-4-2-1-3-5-13/h1-7,12,14,18,22H,8-11H2/t18-/m1/s1. The van der Waals surface area contributed by atoms with Crippen LogP contribution in [0.5, 0.6) is 0 Å². The van der Waals surface area contributed by atoms with Gasteiger partial charge in [-0.1, -0.05) is 41.9 Å². The molecule has 3 rings (SSSR count). The number of halogens is 1. The second-order valence-electron chi connectivity index (χ2n) is 6.07. The number of benzene rings is 2. The molecule has 1 saturated heterocycles. The Labute approximate surface area is 145 Å². The van der Waals surface area contributed by atoms with E-state index in [2.05, 4.69) is 4.90 Å². The summed E-state index contributed by atoms with van der Waals surface area (Å²) in [5.41, 5.74) is 1.76. The van der Waals surface area contributed by atoms with Crippen molar-refractivity contribution in [1.82, 2.24) is 0 Å². The van der Waals surface area contributed by atoms with E-state index in [1.54, 1.807) is 6.07 Å². The minimum atomic E-state index is -0.458. The summed E-state index contributed by atoms with van der Waals surface area (Å²) in [5.74, 6) is 0.209. The number of aliphatic hydroxyl groups excluding tert-OH is 1. The monoisotopic (exact) mass is 346 g/mol. The maximum atomic E-state index is 10.8. The van der Waals surface area contributed by atoms with E-state index in [0.29, 0.717) is 5.02 Å². The van der Waals surface area contributed by atoms with Crippen LogP contribution in [0.1, 0.15) is 24.5 Å². The summed E-state index contributed by atoms with van der Waals surface area (Å²) in [6, 6.07) is 14.3. The zero-order valence-electron chi connectivity index (χ0n) is 13.1. The highest BCUT2D eigenvalue weighted by molar-refractivity contribution is 6.33. The highest BCUT2D eigenvalue weighted by Crippen LogP contribution is 2.35. The maximum Gasteiger partial charge on any atom is 0.271 e. The van der Waals surface area contributed by atoms with Crippen LogP contribution in [0, 0.1) is 16.0 Å². The van der Waals surface area contributed by atoms with Gasteiger partial charge in [-0.25, -0.2) is 0 Å². The fraction of sp³-hybridized carbons (Fsp3) is 0.333. The quantitative estimate of drug-likeness (QED) is 0.665. The van der Waals surface area contributed by atoms with E-state index in [-0.39, 0.29) is 11.6 Å². The molecule has 1 heterocycles. The largest absolute Gasteiger partial charge is 0.388 e. The number of aliphatic hydroxyl groups is 1. The predicted molar refractivity (Wildman–Crippen MR) is 94.4 cm³/mol. The van der Waals surface area contributed by atoms with E-state index < -0.39 is 11.0 Å². The third kappa shape index (κ3) is 3.52. The molecule has 0 amide bonds. The fourth-order valence-corrected chi connectivity index (χ4v) is 3.54. The Balaban J connectivity index is 1.66. The number of anilines is 1. The molecule has 0 aromatic heterocycles. The number of nitrogens with zero attached hydrogens (tertiary/aromatic N) is 2. The Morgan fingerprint density at radius 2 is 1.83 bits per heavy atom. The number of nitro benzene ring substituents is 1. The molecule has 1 atom stereocenters. The molecule has 0 bridgehead atoms. The summed E-state index contributed by atoms with van der Waals surface area (Å²) in [6.07, 6.45) is 1.24. The van der Waals surface area contributed by atoms with Gasteiger partial charge in [-0.05, 0) is 30.4 Å². The molecule has 0 unspecified atom stereocenters. The predicted octanol–water partition coefficient (Wildman–Crippen LogP) is 4.20. The van der Waals surface area contributed by atoms with Crippen LogP contribution in [0.15, 0.2) is 48.5 Å². The van der Waals surface area contributed by atoms with Crippen molar-refractivity contribution >= 4 is 23.0 Å². The van der Waals surface area contributed by atoms with Crippen LogP contribution in [-0.4, -0.2) is 23.1 Å². The topological polar surface area (TPSA) is 66.6 Å². The normalized spacial score (nSPS) is 16.8. The lowest BCUT2D eigenvalue weighted by atomic mass is 9.87. The molecule has 1 N–H and O–H groups in total. The second kappa shape index (κ2) is 7.20. The average molecular weight is 347 g/mol. The summed E-state index contributed by atoms with van der Waals surface area (Å²) in [7, 11) is 0. The van der Waals surface area contributed by atoms with E-state index >= 15 is 0 Å². The molecule has 0 aliphatic carbocycles. The molecule has 6 heteroatoms. The highest BCUT2D eigenvalue weighted by Gasteiger charge is 2.27. The van der Waals surface area contributed by atoms with Gasteiger partial charge in [0.15, 0.2) is 0 Å². The Kier molecular flexibility index (Phi) is 5.02. The summed E-state index contributed by atoms with van der Waals surface area (Å²) in [5, 5.41) is 21.7. The second-order valence-corrected chi connectivity index (χ2v) is 6.48. The number of piperidine rings is 1. The van der Waals surface area contributed by atoms with Crippen LogP contribution in [0.4, 0.5) is 11.4 Å². The van der Waals surface area contributed by atoms with Crippen molar-refractivity contribution < 1.29 is 10.0 Å². The molecule has 0 saturated carbocycles. The molecule has 1 fully saturated rings. The van der Waals surface area contributed by atoms with Crippen molar-refractivity contribution in [3.05, 3.63) is 69.2 Å². The first kappa shape index (κ1) is 16.7. The summed E-state index contributed by atoms with van der Waals surface area (Å²) in [6.45, 7) is 1.54. The van der Waals surface area contributed by atoms with Crippen LogP contribution >= 0.6 is 11.6 Å². The molecule has 2 aromatic rings. The van der Waals surface area contributed by atoms with Crippen molar-refractivity contribution in [3.63, 3.8) is 0 Å². The Hall–Kier alpha value is -2.11. The van der Waals surface area contributed by atoms with Crippen LogP contribution in [0.25, 0.3) is 0 Å². The van der Waals surface area contributed by atoms with Gasteiger partial charge < -0.3 is 10.0 Å². The number of hydrogen-bond donors (Lipinski definition) is 1. The van der Waals surface area contributed by atoms with Gasteiger partial charge in [-0.15, -0.1) is 0 Å². The smallest absolute Gasteiger partial charge is 0.271 e. The van der Waals surface area contributed by atoms with Crippen molar-refractivity contribution in [2.75, 3.05) is 18.0 Å². The van der Waals surface area contributed by atoms with Gasteiger partial charge in [0.05, 0.1) is 21.7 Å². The van der Waals surface area contributed by atoms with Crippen LogP contribution in [0.3, 0.4) is 0 Å². The lowest BCUT2D eigenvalue weighted by Gasteiger charge is -2.36. The van der Waals surface area contributed by atoms with Crippen LogP contribution in [-0.2, 0) is 0 Å². The molecule has 126 valence electrons. The number of nitro groups is 1. The fourth-order valence-electron chi connectivity index (χ4n) is 3.24. The first-order valence-electron chi connectivity index (χ1n) is 7.98. The first-order valence-corrected chi connectivity index (χ1v) is 8.36. The number of non-ortho nitro benzene ring substituents is 1. The zero-order valence-corrected chi connectivity index (χ0v) is 13.9. The minimum Gasteiger partial charge on any atom is -0.388 e.